The lowest BCUT2D eigenvalue weighted by Crippen LogP contribution is -2.56. The summed E-state index contributed by atoms with van der Waals surface area (Å²) in [7, 11) is 0. The standard InChI is InChI=1S/C17H26N2O2/c1-3-15-13-19(16(4-2)17(20)21)11-10-18(15)12-14-8-6-5-7-9-14/h5-9,15-16H,3-4,10-13H2,1-2H3,(H,20,21). The molecule has 116 valence electrons. The maximum absolute atomic E-state index is 11.3. The quantitative estimate of drug-likeness (QED) is 0.874. The average Bonchev–Trinajstić information content (AvgIpc) is 2.50. The molecule has 21 heavy (non-hydrogen) atoms. The van der Waals surface area contributed by atoms with Crippen LogP contribution in [-0.4, -0.2) is 52.6 Å². The van der Waals surface area contributed by atoms with Crippen molar-refractivity contribution in [2.24, 2.45) is 0 Å². The number of carboxylic acid groups (broad SMARTS) is 1. The van der Waals surface area contributed by atoms with Crippen molar-refractivity contribution >= 4 is 5.97 Å². The van der Waals surface area contributed by atoms with Gasteiger partial charge >= 0.3 is 5.97 Å². The molecule has 0 aromatic heterocycles. The summed E-state index contributed by atoms with van der Waals surface area (Å²) in [5.74, 6) is -0.691. The van der Waals surface area contributed by atoms with Gasteiger partial charge in [-0.3, -0.25) is 14.6 Å². The first kappa shape index (κ1) is 16.0. The van der Waals surface area contributed by atoms with Crippen LogP contribution in [0.1, 0.15) is 32.3 Å². The summed E-state index contributed by atoms with van der Waals surface area (Å²) in [5, 5.41) is 9.33. The Labute approximate surface area is 127 Å². The molecule has 2 rings (SSSR count). The van der Waals surface area contributed by atoms with Crippen molar-refractivity contribution in [3.8, 4) is 0 Å². The van der Waals surface area contributed by atoms with Crippen LogP contribution in [0.2, 0.25) is 0 Å². The topological polar surface area (TPSA) is 43.8 Å². The molecule has 1 saturated heterocycles. The van der Waals surface area contributed by atoms with Gasteiger partial charge in [-0.05, 0) is 18.4 Å². The van der Waals surface area contributed by atoms with Crippen LogP contribution in [-0.2, 0) is 11.3 Å². The molecule has 0 saturated carbocycles. The molecule has 4 nitrogen and oxygen atoms in total. The number of benzene rings is 1. The summed E-state index contributed by atoms with van der Waals surface area (Å²) >= 11 is 0. The maximum Gasteiger partial charge on any atom is 0.320 e. The van der Waals surface area contributed by atoms with E-state index in [0.29, 0.717) is 12.5 Å². The molecule has 1 heterocycles. The first-order valence-corrected chi connectivity index (χ1v) is 7.90. The Hall–Kier alpha value is -1.39. The normalized spacial score (nSPS) is 22.1. The van der Waals surface area contributed by atoms with Crippen molar-refractivity contribution in [2.45, 2.75) is 45.3 Å². The van der Waals surface area contributed by atoms with Crippen LogP contribution in [0.3, 0.4) is 0 Å². The van der Waals surface area contributed by atoms with E-state index in [9.17, 15) is 9.90 Å². The third-order valence-electron chi connectivity index (χ3n) is 4.45. The van der Waals surface area contributed by atoms with Gasteiger partial charge in [0.25, 0.3) is 0 Å². The number of rotatable bonds is 6. The van der Waals surface area contributed by atoms with Gasteiger partial charge in [-0.1, -0.05) is 44.2 Å². The van der Waals surface area contributed by atoms with E-state index >= 15 is 0 Å². The zero-order chi connectivity index (χ0) is 15.2. The van der Waals surface area contributed by atoms with Crippen molar-refractivity contribution in [1.29, 1.82) is 0 Å². The molecule has 0 amide bonds. The first-order valence-electron chi connectivity index (χ1n) is 7.90. The minimum atomic E-state index is -0.691. The van der Waals surface area contributed by atoms with Crippen LogP contribution in [0, 0.1) is 0 Å². The van der Waals surface area contributed by atoms with Crippen molar-refractivity contribution in [3.05, 3.63) is 35.9 Å². The summed E-state index contributed by atoms with van der Waals surface area (Å²) in [5.41, 5.74) is 1.33. The Morgan fingerprint density at radius 2 is 2.00 bits per heavy atom. The summed E-state index contributed by atoms with van der Waals surface area (Å²) in [4.78, 5) is 16.0. The predicted octanol–water partition coefficient (Wildman–Crippen LogP) is 2.45. The van der Waals surface area contributed by atoms with Crippen LogP contribution in [0.25, 0.3) is 0 Å². The van der Waals surface area contributed by atoms with Crippen LogP contribution in [0.4, 0.5) is 0 Å². The number of aliphatic carboxylic acids is 1. The number of carboxylic acids is 1. The second kappa shape index (κ2) is 7.57. The van der Waals surface area contributed by atoms with Gasteiger partial charge in [0.15, 0.2) is 0 Å². The summed E-state index contributed by atoms with van der Waals surface area (Å²) in [6.07, 6.45) is 1.73. The van der Waals surface area contributed by atoms with E-state index in [4.69, 9.17) is 0 Å². The Bertz CT molecular complexity index is 449. The summed E-state index contributed by atoms with van der Waals surface area (Å²) in [6.45, 7) is 7.74. The minimum absolute atomic E-state index is 0.335. The molecule has 0 spiro atoms. The van der Waals surface area contributed by atoms with E-state index in [1.807, 2.05) is 13.0 Å². The molecule has 4 heteroatoms. The molecule has 1 aliphatic rings. The lowest BCUT2D eigenvalue weighted by Gasteiger charge is -2.43. The van der Waals surface area contributed by atoms with Crippen LogP contribution in [0.15, 0.2) is 30.3 Å². The molecule has 2 unspecified atom stereocenters. The summed E-state index contributed by atoms with van der Waals surface area (Å²) in [6, 6.07) is 10.6. The van der Waals surface area contributed by atoms with Crippen LogP contribution in [0.5, 0.6) is 0 Å². The molecule has 0 aliphatic carbocycles. The third-order valence-corrected chi connectivity index (χ3v) is 4.45. The van der Waals surface area contributed by atoms with E-state index in [1.165, 1.54) is 5.56 Å². The van der Waals surface area contributed by atoms with Gasteiger partial charge in [-0.15, -0.1) is 0 Å². The van der Waals surface area contributed by atoms with Gasteiger partial charge in [-0.25, -0.2) is 0 Å². The predicted molar refractivity (Wildman–Crippen MR) is 84.2 cm³/mol. The van der Waals surface area contributed by atoms with Gasteiger partial charge in [0.1, 0.15) is 6.04 Å². The third kappa shape index (κ3) is 4.05. The van der Waals surface area contributed by atoms with E-state index in [2.05, 4.69) is 41.0 Å². The van der Waals surface area contributed by atoms with E-state index in [0.717, 1.165) is 32.6 Å². The number of nitrogens with zero attached hydrogens (tertiary/aromatic N) is 2. The minimum Gasteiger partial charge on any atom is -0.480 e. The van der Waals surface area contributed by atoms with E-state index < -0.39 is 5.97 Å². The van der Waals surface area contributed by atoms with Crippen molar-refractivity contribution < 1.29 is 9.90 Å². The van der Waals surface area contributed by atoms with Crippen LogP contribution < -0.4 is 0 Å². The molecule has 2 atom stereocenters. The second-order valence-corrected chi connectivity index (χ2v) is 5.78. The second-order valence-electron chi connectivity index (χ2n) is 5.78. The average molecular weight is 290 g/mol. The number of piperazine rings is 1. The highest BCUT2D eigenvalue weighted by Crippen LogP contribution is 2.19. The highest BCUT2D eigenvalue weighted by Gasteiger charge is 2.32. The molecule has 1 fully saturated rings. The Balaban J connectivity index is 2.00. The molecule has 1 aromatic carbocycles. The SMILES string of the molecule is CCC1CN(C(CC)C(=O)O)CCN1Cc1ccccc1. The van der Waals surface area contributed by atoms with E-state index in [-0.39, 0.29) is 6.04 Å². The highest BCUT2D eigenvalue weighted by molar-refractivity contribution is 5.73. The van der Waals surface area contributed by atoms with Crippen molar-refractivity contribution in [1.82, 2.24) is 9.80 Å². The molecule has 0 bridgehead atoms. The Morgan fingerprint density at radius 1 is 1.29 bits per heavy atom. The number of hydrogen-bond acceptors (Lipinski definition) is 3. The van der Waals surface area contributed by atoms with Gasteiger partial charge in [-0.2, -0.15) is 0 Å². The summed E-state index contributed by atoms with van der Waals surface area (Å²) < 4.78 is 0. The van der Waals surface area contributed by atoms with Gasteiger partial charge in [0, 0.05) is 32.2 Å². The Morgan fingerprint density at radius 3 is 2.57 bits per heavy atom. The molecule has 1 aliphatic heterocycles. The molecule has 0 radical (unpaired) electrons. The molecular weight excluding hydrogens is 264 g/mol. The largest absolute Gasteiger partial charge is 0.480 e. The van der Waals surface area contributed by atoms with Gasteiger partial charge in [0.05, 0.1) is 0 Å². The first-order chi connectivity index (χ1) is 10.2. The van der Waals surface area contributed by atoms with E-state index in [1.54, 1.807) is 0 Å². The lowest BCUT2D eigenvalue weighted by atomic mass is 10.0. The van der Waals surface area contributed by atoms with Crippen molar-refractivity contribution in [3.63, 3.8) is 0 Å². The molecular formula is C17H26N2O2. The fourth-order valence-electron chi connectivity index (χ4n) is 3.20. The zero-order valence-corrected chi connectivity index (χ0v) is 13.0. The fourth-order valence-corrected chi connectivity index (χ4v) is 3.20. The van der Waals surface area contributed by atoms with Gasteiger partial charge < -0.3 is 5.11 Å². The maximum atomic E-state index is 11.3. The molecule has 1 N–H and O–H groups in total. The molecule has 1 aromatic rings. The zero-order valence-electron chi connectivity index (χ0n) is 13.0. The van der Waals surface area contributed by atoms with Crippen LogP contribution >= 0.6 is 0 Å². The number of hydrogen-bond donors (Lipinski definition) is 1. The monoisotopic (exact) mass is 290 g/mol. The number of carbonyl (C=O) groups is 1. The fraction of sp³-hybridized carbons (Fsp3) is 0.588. The lowest BCUT2D eigenvalue weighted by molar-refractivity contribution is -0.144. The Kier molecular flexibility index (Phi) is 5.76. The highest BCUT2D eigenvalue weighted by atomic mass is 16.4. The van der Waals surface area contributed by atoms with Gasteiger partial charge in [0.2, 0.25) is 0 Å². The van der Waals surface area contributed by atoms with Crippen molar-refractivity contribution in [2.75, 3.05) is 19.6 Å². The smallest absolute Gasteiger partial charge is 0.320 e.